The zero-order valence-electron chi connectivity index (χ0n) is 15.9. The molecular weight excluding hydrogens is 354 g/mol. The third-order valence-electron chi connectivity index (χ3n) is 4.60. The first kappa shape index (κ1) is 22.6. The van der Waals surface area contributed by atoms with Gasteiger partial charge in [-0.05, 0) is 37.8 Å². The van der Waals surface area contributed by atoms with E-state index in [-0.39, 0.29) is 22.8 Å². The van der Waals surface area contributed by atoms with Gasteiger partial charge in [-0.25, -0.2) is 13.2 Å². The highest BCUT2D eigenvalue weighted by Gasteiger charge is 2.24. The van der Waals surface area contributed by atoms with Gasteiger partial charge in [0.1, 0.15) is 10.1 Å². The van der Waals surface area contributed by atoms with E-state index in [1.165, 1.54) is 44.2 Å². The summed E-state index contributed by atoms with van der Waals surface area (Å²) in [5.74, 6) is 0.737. The SMILES string of the molecule is CC(C)[C@H]([NH3+])C(=O)OCC1CCCCC1.Cc1ccc(S(=O)(=O)[O-])cc1. The Hall–Kier alpha value is -1.44. The summed E-state index contributed by atoms with van der Waals surface area (Å²) < 4.78 is 36.5. The highest BCUT2D eigenvalue weighted by Crippen LogP contribution is 2.23. The lowest BCUT2D eigenvalue weighted by Gasteiger charge is -2.21. The van der Waals surface area contributed by atoms with Gasteiger partial charge in [-0.2, -0.15) is 0 Å². The van der Waals surface area contributed by atoms with Crippen molar-refractivity contribution in [3.63, 3.8) is 0 Å². The van der Waals surface area contributed by atoms with Crippen LogP contribution in [0.1, 0.15) is 51.5 Å². The van der Waals surface area contributed by atoms with Crippen molar-refractivity contribution in [1.82, 2.24) is 0 Å². The van der Waals surface area contributed by atoms with E-state index in [9.17, 15) is 17.8 Å². The number of carbonyl (C=O) groups is 1. The molecule has 1 aromatic carbocycles. The summed E-state index contributed by atoms with van der Waals surface area (Å²) >= 11 is 0. The number of benzene rings is 1. The molecule has 0 spiro atoms. The Morgan fingerprint density at radius 3 is 2.19 bits per heavy atom. The third kappa shape index (κ3) is 8.29. The van der Waals surface area contributed by atoms with Gasteiger partial charge in [0.2, 0.25) is 0 Å². The molecule has 1 atom stereocenters. The molecular formula is C19H31NO5S. The van der Waals surface area contributed by atoms with Crippen LogP contribution < -0.4 is 5.73 Å². The van der Waals surface area contributed by atoms with Crippen LogP contribution in [0.15, 0.2) is 29.2 Å². The predicted molar refractivity (Wildman–Crippen MR) is 98.2 cm³/mol. The molecule has 0 aromatic heterocycles. The lowest BCUT2D eigenvalue weighted by Crippen LogP contribution is -2.67. The Bertz CT molecular complexity index is 649. The molecule has 0 amide bonds. The second kappa shape index (κ2) is 10.6. The van der Waals surface area contributed by atoms with Crippen LogP contribution in [0.3, 0.4) is 0 Å². The molecule has 0 bridgehead atoms. The first-order chi connectivity index (χ1) is 12.1. The summed E-state index contributed by atoms with van der Waals surface area (Å²) in [7, 11) is -4.27. The Morgan fingerprint density at radius 2 is 1.73 bits per heavy atom. The van der Waals surface area contributed by atoms with Crippen molar-refractivity contribution in [3.05, 3.63) is 29.8 Å². The number of hydrogen-bond acceptors (Lipinski definition) is 5. The largest absolute Gasteiger partial charge is 0.744 e. The quantitative estimate of drug-likeness (QED) is 0.617. The fraction of sp³-hybridized carbons (Fsp3) is 0.632. The van der Waals surface area contributed by atoms with Gasteiger partial charge >= 0.3 is 5.97 Å². The Morgan fingerprint density at radius 1 is 1.19 bits per heavy atom. The van der Waals surface area contributed by atoms with Gasteiger partial charge in [-0.3, -0.25) is 0 Å². The van der Waals surface area contributed by atoms with Crippen molar-refractivity contribution in [1.29, 1.82) is 0 Å². The molecule has 1 aromatic rings. The minimum absolute atomic E-state index is 0.129. The van der Waals surface area contributed by atoms with E-state index in [0.29, 0.717) is 12.5 Å². The number of carbonyl (C=O) groups excluding carboxylic acids is 1. The first-order valence-corrected chi connectivity index (χ1v) is 10.5. The van der Waals surface area contributed by atoms with Gasteiger partial charge in [0.05, 0.1) is 11.5 Å². The van der Waals surface area contributed by atoms with E-state index < -0.39 is 10.1 Å². The lowest BCUT2D eigenvalue weighted by molar-refractivity contribution is -0.418. The third-order valence-corrected chi connectivity index (χ3v) is 5.45. The van der Waals surface area contributed by atoms with Crippen LogP contribution in [0.5, 0.6) is 0 Å². The maximum absolute atomic E-state index is 11.5. The van der Waals surface area contributed by atoms with Crippen molar-refractivity contribution < 1.29 is 28.2 Å². The molecule has 2 rings (SSSR count). The Balaban J connectivity index is 0.000000273. The zero-order chi connectivity index (χ0) is 19.7. The summed E-state index contributed by atoms with van der Waals surface area (Å²) in [6.07, 6.45) is 6.36. The molecule has 1 aliphatic carbocycles. The van der Waals surface area contributed by atoms with E-state index in [0.717, 1.165) is 5.56 Å². The minimum Gasteiger partial charge on any atom is -0.744 e. The molecule has 0 radical (unpaired) electrons. The van der Waals surface area contributed by atoms with Crippen molar-refractivity contribution in [2.45, 2.75) is 63.8 Å². The van der Waals surface area contributed by atoms with E-state index >= 15 is 0 Å². The number of aryl methyl sites for hydroxylation is 1. The van der Waals surface area contributed by atoms with Crippen LogP contribution in [0.2, 0.25) is 0 Å². The molecule has 6 nitrogen and oxygen atoms in total. The van der Waals surface area contributed by atoms with E-state index in [2.05, 4.69) is 5.73 Å². The zero-order valence-corrected chi connectivity index (χ0v) is 16.8. The molecule has 1 fully saturated rings. The molecule has 7 heteroatoms. The molecule has 148 valence electrons. The molecule has 0 heterocycles. The van der Waals surface area contributed by atoms with Gasteiger partial charge in [0.15, 0.2) is 6.04 Å². The monoisotopic (exact) mass is 385 g/mol. The van der Waals surface area contributed by atoms with Gasteiger partial charge in [0, 0.05) is 5.92 Å². The molecule has 3 N–H and O–H groups in total. The summed E-state index contributed by atoms with van der Waals surface area (Å²) in [6, 6.07) is 5.57. The van der Waals surface area contributed by atoms with Crippen LogP contribution in [0.25, 0.3) is 0 Å². The van der Waals surface area contributed by atoms with Crippen LogP contribution in [0, 0.1) is 18.8 Å². The number of ether oxygens (including phenoxy) is 1. The number of quaternary nitrogens is 1. The minimum atomic E-state index is -4.27. The van der Waals surface area contributed by atoms with Crippen molar-refractivity contribution in [2.24, 2.45) is 11.8 Å². The van der Waals surface area contributed by atoms with Crippen molar-refractivity contribution in [3.8, 4) is 0 Å². The molecule has 1 saturated carbocycles. The highest BCUT2D eigenvalue weighted by molar-refractivity contribution is 7.85. The predicted octanol–water partition coefficient (Wildman–Crippen LogP) is 2.28. The number of rotatable bonds is 5. The van der Waals surface area contributed by atoms with Gasteiger partial charge in [-0.15, -0.1) is 0 Å². The van der Waals surface area contributed by atoms with E-state index in [4.69, 9.17) is 4.74 Å². The second-order valence-electron chi connectivity index (χ2n) is 7.25. The lowest BCUT2D eigenvalue weighted by atomic mass is 9.90. The molecule has 0 unspecified atom stereocenters. The van der Waals surface area contributed by atoms with E-state index in [1.54, 1.807) is 12.1 Å². The number of esters is 1. The fourth-order valence-electron chi connectivity index (χ4n) is 2.64. The van der Waals surface area contributed by atoms with Crippen LogP contribution >= 0.6 is 0 Å². The smallest absolute Gasteiger partial charge is 0.365 e. The maximum atomic E-state index is 11.5. The molecule has 1 aliphatic rings. The fourth-order valence-corrected chi connectivity index (χ4v) is 3.11. The van der Waals surface area contributed by atoms with Crippen molar-refractivity contribution in [2.75, 3.05) is 6.61 Å². The topological polar surface area (TPSA) is 111 Å². The second-order valence-corrected chi connectivity index (χ2v) is 8.63. The average molecular weight is 386 g/mol. The summed E-state index contributed by atoms with van der Waals surface area (Å²) in [5.41, 5.74) is 4.75. The molecule has 0 saturated heterocycles. The standard InChI is InChI=1S/C12H23NO2.C7H8O3S/c1-9(2)11(13)12(14)15-8-10-6-4-3-5-7-10;1-6-2-4-7(5-3-6)11(8,9)10/h9-11H,3-8,13H2,1-2H3;2-5H,1H3,(H,8,9,10)/t11-;/m0./s1. The first-order valence-electron chi connectivity index (χ1n) is 9.13. The highest BCUT2D eigenvalue weighted by atomic mass is 32.2. The van der Waals surface area contributed by atoms with Crippen molar-refractivity contribution >= 4 is 16.1 Å². The molecule has 26 heavy (non-hydrogen) atoms. The van der Waals surface area contributed by atoms with Crippen LogP contribution in [0.4, 0.5) is 0 Å². The summed E-state index contributed by atoms with van der Waals surface area (Å²) in [6.45, 7) is 6.43. The summed E-state index contributed by atoms with van der Waals surface area (Å²) in [4.78, 5) is 11.4. The Kier molecular flexibility index (Phi) is 9.25. The Labute approximate surface area is 156 Å². The normalized spacial score (nSPS) is 16.5. The van der Waals surface area contributed by atoms with Gasteiger partial charge in [-0.1, -0.05) is 50.8 Å². The average Bonchev–Trinajstić information content (AvgIpc) is 2.60. The van der Waals surface area contributed by atoms with Crippen LogP contribution in [-0.2, 0) is 19.6 Å². The maximum Gasteiger partial charge on any atom is 0.365 e. The van der Waals surface area contributed by atoms with Crippen LogP contribution in [-0.4, -0.2) is 31.6 Å². The summed E-state index contributed by atoms with van der Waals surface area (Å²) in [5, 5.41) is 0. The molecule has 0 aliphatic heterocycles. The van der Waals surface area contributed by atoms with Gasteiger partial charge in [0.25, 0.3) is 0 Å². The van der Waals surface area contributed by atoms with E-state index in [1.807, 2.05) is 20.8 Å². The number of hydrogen-bond donors (Lipinski definition) is 1. The van der Waals surface area contributed by atoms with Gasteiger partial charge < -0.3 is 15.0 Å².